The standard InChI is InChI=1S/C29H28N6O3S2/c1-18-24(28(38)35(32(18)2)20-13-7-4-8-14-20)34-27(37)22(40-29(34)39)17-21-25(30-19-11-5-3-6-12-19)31-23-15-9-10-16-33(23)26(21)36/h4,7-10,13-17,19,30H,3,5-6,11-12H2,1-2H3. The molecule has 0 unspecified atom stereocenters. The Balaban J connectivity index is 1.43. The summed E-state index contributed by atoms with van der Waals surface area (Å²) in [5, 5.41) is 3.48. The van der Waals surface area contributed by atoms with Crippen LogP contribution in [0.4, 0.5) is 11.5 Å². The van der Waals surface area contributed by atoms with Crippen LogP contribution >= 0.6 is 24.0 Å². The highest BCUT2D eigenvalue weighted by Gasteiger charge is 2.38. The van der Waals surface area contributed by atoms with Gasteiger partial charge in [0.15, 0.2) is 4.32 Å². The van der Waals surface area contributed by atoms with E-state index in [4.69, 9.17) is 17.2 Å². The Morgan fingerprint density at radius 3 is 2.48 bits per heavy atom. The first-order valence-corrected chi connectivity index (χ1v) is 14.5. The van der Waals surface area contributed by atoms with Crippen LogP contribution < -0.4 is 21.3 Å². The zero-order valence-electron chi connectivity index (χ0n) is 22.2. The van der Waals surface area contributed by atoms with Crippen LogP contribution in [0.1, 0.15) is 43.4 Å². The van der Waals surface area contributed by atoms with Gasteiger partial charge in [-0.25, -0.2) is 9.67 Å². The molecule has 204 valence electrons. The van der Waals surface area contributed by atoms with E-state index < -0.39 is 5.91 Å². The van der Waals surface area contributed by atoms with Crippen LogP contribution in [-0.4, -0.2) is 35.0 Å². The van der Waals surface area contributed by atoms with Gasteiger partial charge in [0.2, 0.25) is 0 Å². The molecule has 1 aromatic carbocycles. The fourth-order valence-electron chi connectivity index (χ4n) is 5.39. The van der Waals surface area contributed by atoms with Crippen LogP contribution in [0.15, 0.2) is 69.2 Å². The summed E-state index contributed by atoms with van der Waals surface area (Å²) < 4.78 is 4.93. The zero-order chi connectivity index (χ0) is 28.0. The number of amides is 1. The van der Waals surface area contributed by atoms with Gasteiger partial charge in [-0.15, -0.1) is 0 Å². The van der Waals surface area contributed by atoms with Gasteiger partial charge in [0.25, 0.3) is 17.0 Å². The lowest BCUT2D eigenvalue weighted by Crippen LogP contribution is -2.33. The number of thiocarbonyl (C=S) groups is 1. The number of nitrogens with zero attached hydrogens (tertiary/aromatic N) is 5. The summed E-state index contributed by atoms with van der Waals surface area (Å²) >= 11 is 6.69. The third kappa shape index (κ3) is 4.48. The van der Waals surface area contributed by atoms with Crippen LogP contribution in [0, 0.1) is 6.92 Å². The summed E-state index contributed by atoms with van der Waals surface area (Å²) in [6.45, 7) is 1.78. The molecule has 1 amide bonds. The number of thioether (sulfide) groups is 1. The Kier molecular flexibility index (Phi) is 6.93. The van der Waals surface area contributed by atoms with E-state index in [9.17, 15) is 14.4 Å². The van der Waals surface area contributed by atoms with Gasteiger partial charge in [0.1, 0.15) is 17.2 Å². The minimum atomic E-state index is -0.442. The lowest BCUT2D eigenvalue weighted by atomic mass is 9.95. The minimum absolute atomic E-state index is 0.200. The van der Waals surface area contributed by atoms with E-state index in [0.717, 1.165) is 37.4 Å². The molecular formula is C29H28N6O3S2. The van der Waals surface area contributed by atoms with Gasteiger partial charge in [0, 0.05) is 19.3 Å². The van der Waals surface area contributed by atoms with E-state index in [1.807, 2.05) is 36.4 Å². The molecular weight excluding hydrogens is 544 g/mol. The number of hydrogen-bond acceptors (Lipinski definition) is 7. The first-order valence-electron chi connectivity index (χ1n) is 13.2. The number of para-hydroxylation sites is 1. The number of carbonyl (C=O) groups is 1. The van der Waals surface area contributed by atoms with Gasteiger partial charge in [-0.2, -0.15) is 0 Å². The SMILES string of the molecule is Cc1c(N2C(=O)C(=Cc3c(NC4CCCCC4)nc4ccccn4c3=O)SC2=S)c(=O)n(-c2ccccc2)n1C. The maximum absolute atomic E-state index is 13.8. The van der Waals surface area contributed by atoms with Gasteiger partial charge in [-0.1, -0.05) is 67.5 Å². The molecule has 1 saturated heterocycles. The number of carbonyl (C=O) groups excluding carboxylic acids is 1. The monoisotopic (exact) mass is 572 g/mol. The molecule has 1 saturated carbocycles. The fraction of sp³-hybridized carbons (Fsp3) is 0.276. The third-order valence-electron chi connectivity index (χ3n) is 7.53. The maximum Gasteiger partial charge on any atom is 0.296 e. The van der Waals surface area contributed by atoms with Gasteiger partial charge in [-0.3, -0.25) is 28.4 Å². The summed E-state index contributed by atoms with van der Waals surface area (Å²) in [6, 6.07) is 14.8. The topological polar surface area (TPSA) is 93.6 Å². The second kappa shape index (κ2) is 10.5. The fourth-order valence-corrected chi connectivity index (χ4v) is 6.64. The van der Waals surface area contributed by atoms with Gasteiger partial charge < -0.3 is 5.32 Å². The van der Waals surface area contributed by atoms with Crippen molar-refractivity contribution in [2.45, 2.75) is 45.1 Å². The van der Waals surface area contributed by atoms with E-state index in [2.05, 4.69) is 5.32 Å². The van der Waals surface area contributed by atoms with Crippen molar-refractivity contribution < 1.29 is 4.79 Å². The predicted octanol–water partition coefficient (Wildman–Crippen LogP) is 4.64. The van der Waals surface area contributed by atoms with Crippen molar-refractivity contribution in [3.8, 4) is 5.69 Å². The quantitative estimate of drug-likeness (QED) is 0.275. The molecule has 0 spiro atoms. The average molecular weight is 573 g/mol. The van der Waals surface area contributed by atoms with Crippen molar-refractivity contribution in [3.05, 3.63) is 91.6 Å². The highest BCUT2D eigenvalue weighted by Crippen LogP contribution is 2.37. The van der Waals surface area contributed by atoms with E-state index in [1.165, 1.54) is 20.4 Å². The third-order valence-corrected chi connectivity index (χ3v) is 8.83. The normalized spacial score (nSPS) is 17.4. The number of aromatic nitrogens is 4. The largest absolute Gasteiger partial charge is 0.367 e. The van der Waals surface area contributed by atoms with E-state index in [1.54, 1.807) is 43.1 Å². The molecule has 0 atom stereocenters. The van der Waals surface area contributed by atoms with Crippen molar-refractivity contribution in [3.63, 3.8) is 0 Å². The Morgan fingerprint density at radius 1 is 1.00 bits per heavy atom. The minimum Gasteiger partial charge on any atom is -0.367 e. The Bertz CT molecular complexity index is 1800. The summed E-state index contributed by atoms with van der Waals surface area (Å²) in [5.41, 5.74) is 1.66. The smallest absolute Gasteiger partial charge is 0.296 e. The second-order valence-electron chi connectivity index (χ2n) is 10.0. The van der Waals surface area contributed by atoms with Gasteiger partial charge in [0.05, 0.1) is 21.8 Å². The van der Waals surface area contributed by atoms with E-state index in [0.29, 0.717) is 28.4 Å². The average Bonchev–Trinajstić information content (AvgIpc) is 3.36. The molecule has 9 nitrogen and oxygen atoms in total. The number of fused-ring (bicyclic) bond motifs is 1. The van der Waals surface area contributed by atoms with Crippen molar-refractivity contribution in [2.24, 2.45) is 7.05 Å². The summed E-state index contributed by atoms with van der Waals surface area (Å²) in [6.07, 6.45) is 8.66. The molecule has 2 fully saturated rings. The summed E-state index contributed by atoms with van der Waals surface area (Å²) in [5.74, 6) is 0.0119. The molecule has 4 aromatic rings. The number of benzene rings is 1. The summed E-state index contributed by atoms with van der Waals surface area (Å²) in [4.78, 5) is 47.4. The molecule has 0 bridgehead atoms. The number of pyridine rings is 1. The van der Waals surface area contributed by atoms with Crippen molar-refractivity contribution in [2.75, 3.05) is 10.2 Å². The van der Waals surface area contributed by atoms with Crippen LogP contribution in [0.3, 0.4) is 0 Å². The summed E-state index contributed by atoms with van der Waals surface area (Å²) in [7, 11) is 1.77. The molecule has 6 rings (SSSR count). The van der Waals surface area contributed by atoms with E-state index in [-0.39, 0.29) is 32.1 Å². The number of anilines is 2. The molecule has 11 heteroatoms. The van der Waals surface area contributed by atoms with E-state index >= 15 is 0 Å². The lowest BCUT2D eigenvalue weighted by molar-refractivity contribution is -0.113. The Labute approximate surface area is 240 Å². The highest BCUT2D eigenvalue weighted by molar-refractivity contribution is 8.27. The number of hydrogen-bond donors (Lipinski definition) is 1. The predicted molar refractivity (Wildman–Crippen MR) is 163 cm³/mol. The lowest BCUT2D eigenvalue weighted by Gasteiger charge is -2.24. The van der Waals surface area contributed by atoms with Crippen molar-refractivity contribution in [1.29, 1.82) is 0 Å². The molecule has 40 heavy (non-hydrogen) atoms. The molecule has 3 aromatic heterocycles. The van der Waals surface area contributed by atoms with Crippen LogP contribution in [0.25, 0.3) is 17.4 Å². The zero-order valence-corrected chi connectivity index (χ0v) is 23.8. The molecule has 1 aliphatic carbocycles. The molecule has 4 heterocycles. The maximum atomic E-state index is 13.8. The molecule has 2 aliphatic rings. The highest BCUT2D eigenvalue weighted by atomic mass is 32.2. The van der Waals surface area contributed by atoms with Crippen molar-refractivity contribution in [1.82, 2.24) is 18.7 Å². The number of nitrogens with one attached hydrogen (secondary N) is 1. The molecule has 0 radical (unpaired) electrons. The van der Waals surface area contributed by atoms with Gasteiger partial charge >= 0.3 is 0 Å². The van der Waals surface area contributed by atoms with Crippen LogP contribution in [0.5, 0.6) is 0 Å². The van der Waals surface area contributed by atoms with Crippen molar-refractivity contribution >= 4 is 57.4 Å². The molecule has 1 N–H and O–H groups in total. The first-order chi connectivity index (χ1) is 19.3. The van der Waals surface area contributed by atoms with Crippen LogP contribution in [-0.2, 0) is 11.8 Å². The van der Waals surface area contributed by atoms with Crippen LogP contribution in [0.2, 0.25) is 0 Å². The number of rotatable bonds is 5. The van der Waals surface area contributed by atoms with Gasteiger partial charge in [-0.05, 0) is 50.1 Å². The Morgan fingerprint density at radius 2 is 1.73 bits per heavy atom. The first kappa shape index (κ1) is 26.3. The second-order valence-corrected chi connectivity index (χ2v) is 11.7. The molecule has 1 aliphatic heterocycles. The Hall–Kier alpha value is -3.96.